The van der Waals surface area contributed by atoms with Crippen LogP contribution in [0.25, 0.3) is 10.2 Å². The summed E-state index contributed by atoms with van der Waals surface area (Å²) in [4.78, 5) is 18.7. The van der Waals surface area contributed by atoms with E-state index in [0.29, 0.717) is 13.1 Å². The van der Waals surface area contributed by atoms with Crippen LogP contribution < -0.4 is 10.2 Å². The second kappa shape index (κ2) is 6.84. The number of benzene rings is 1. The van der Waals surface area contributed by atoms with E-state index >= 15 is 0 Å². The predicted molar refractivity (Wildman–Crippen MR) is 94.3 cm³/mol. The van der Waals surface area contributed by atoms with Crippen LogP contribution in [0.5, 0.6) is 0 Å². The number of carbonyl (C=O) groups excluding carboxylic acids is 1. The lowest BCUT2D eigenvalue weighted by Crippen LogP contribution is -2.38. The summed E-state index contributed by atoms with van der Waals surface area (Å²) in [6.07, 6.45) is 2.30. The smallest absolute Gasteiger partial charge is 0.239 e. The maximum absolute atomic E-state index is 12.1. The van der Waals surface area contributed by atoms with E-state index in [1.807, 2.05) is 11.9 Å². The standard InChI is InChI=1S/C17H23N3O2S/c1-11-6-7-12(2)16-15(11)19-17(23-16)20(3)10-14(21)18-9-13-5-4-8-22-13/h6-7,13H,4-5,8-10H2,1-3H3,(H,18,21). The molecule has 6 heteroatoms. The molecule has 1 amide bonds. The second-order valence-electron chi connectivity index (χ2n) is 6.17. The Hall–Kier alpha value is -1.66. The van der Waals surface area contributed by atoms with Crippen molar-refractivity contribution in [3.8, 4) is 0 Å². The minimum Gasteiger partial charge on any atom is -0.376 e. The van der Waals surface area contributed by atoms with Crippen LogP contribution in [0.3, 0.4) is 0 Å². The second-order valence-corrected chi connectivity index (χ2v) is 7.15. The summed E-state index contributed by atoms with van der Waals surface area (Å²) < 4.78 is 6.72. The van der Waals surface area contributed by atoms with E-state index in [2.05, 4.69) is 31.3 Å². The lowest BCUT2D eigenvalue weighted by molar-refractivity contribution is -0.120. The van der Waals surface area contributed by atoms with Crippen molar-refractivity contribution in [2.75, 3.05) is 31.6 Å². The molecule has 3 rings (SSSR count). The zero-order valence-electron chi connectivity index (χ0n) is 13.9. The summed E-state index contributed by atoms with van der Waals surface area (Å²) in [5.41, 5.74) is 3.44. The van der Waals surface area contributed by atoms with Gasteiger partial charge in [-0.25, -0.2) is 4.98 Å². The third-order valence-electron chi connectivity index (χ3n) is 4.19. The third kappa shape index (κ3) is 3.64. The molecule has 23 heavy (non-hydrogen) atoms. The number of hydrogen-bond donors (Lipinski definition) is 1. The molecule has 2 aromatic rings. The molecule has 1 aliphatic rings. The highest BCUT2D eigenvalue weighted by atomic mass is 32.1. The van der Waals surface area contributed by atoms with Gasteiger partial charge in [0.05, 0.1) is 22.9 Å². The Balaban J connectivity index is 1.63. The molecule has 0 aliphatic carbocycles. The summed E-state index contributed by atoms with van der Waals surface area (Å²) in [7, 11) is 1.91. The van der Waals surface area contributed by atoms with Crippen LogP contribution in [0.4, 0.5) is 5.13 Å². The normalized spacial score (nSPS) is 17.6. The number of aryl methyl sites for hydroxylation is 2. The molecule has 0 spiro atoms. The van der Waals surface area contributed by atoms with Crippen LogP contribution in [0.1, 0.15) is 24.0 Å². The number of amides is 1. The van der Waals surface area contributed by atoms with Crippen LogP contribution in [0.15, 0.2) is 12.1 Å². The van der Waals surface area contributed by atoms with E-state index in [1.165, 1.54) is 15.8 Å². The summed E-state index contributed by atoms with van der Waals surface area (Å²) >= 11 is 1.64. The van der Waals surface area contributed by atoms with Gasteiger partial charge in [0.1, 0.15) is 0 Å². The number of nitrogens with one attached hydrogen (secondary N) is 1. The Labute approximate surface area is 140 Å². The first-order valence-electron chi connectivity index (χ1n) is 8.01. The number of carbonyl (C=O) groups is 1. The molecule has 1 aromatic carbocycles. The van der Waals surface area contributed by atoms with Gasteiger partial charge in [-0.3, -0.25) is 4.79 Å². The zero-order chi connectivity index (χ0) is 16.4. The van der Waals surface area contributed by atoms with Crippen molar-refractivity contribution < 1.29 is 9.53 Å². The van der Waals surface area contributed by atoms with E-state index in [1.54, 1.807) is 11.3 Å². The van der Waals surface area contributed by atoms with Crippen molar-refractivity contribution >= 4 is 32.6 Å². The highest BCUT2D eigenvalue weighted by Gasteiger charge is 2.18. The largest absolute Gasteiger partial charge is 0.376 e. The fraction of sp³-hybridized carbons (Fsp3) is 0.529. The van der Waals surface area contributed by atoms with Crippen LogP contribution >= 0.6 is 11.3 Å². The van der Waals surface area contributed by atoms with Crippen molar-refractivity contribution in [3.05, 3.63) is 23.3 Å². The summed E-state index contributed by atoms with van der Waals surface area (Å²) in [6.45, 7) is 5.89. The van der Waals surface area contributed by atoms with Gasteiger partial charge in [-0.2, -0.15) is 0 Å². The Bertz CT molecular complexity index is 668. The number of nitrogens with zero attached hydrogens (tertiary/aromatic N) is 2. The molecule has 0 radical (unpaired) electrons. The highest BCUT2D eigenvalue weighted by Crippen LogP contribution is 2.32. The van der Waals surface area contributed by atoms with Gasteiger partial charge >= 0.3 is 0 Å². The number of thiazole rings is 1. The van der Waals surface area contributed by atoms with Crippen molar-refractivity contribution in [2.24, 2.45) is 0 Å². The topological polar surface area (TPSA) is 54.5 Å². The molecule has 0 saturated carbocycles. The van der Waals surface area contributed by atoms with Gasteiger partial charge in [-0.15, -0.1) is 0 Å². The fourth-order valence-electron chi connectivity index (χ4n) is 2.78. The lowest BCUT2D eigenvalue weighted by atomic mass is 10.1. The van der Waals surface area contributed by atoms with Gasteiger partial charge in [0.25, 0.3) is 0 Å². The van der Waals surface area contributed by atoms with Crippen LogP contribution in [0.2, 0.25) is 0 Å². The number of hydrogen-bond acceptors (Lipinski definition) is 5. The fourth-order valence-corrected chi connectivity index (χ4v) is 3.86. The minimum atomic E-state index is 0.00991. The average Bonchev–Trinajstić information content (AvgIpc) is 3.18. The van der Waals surface area contributed by atoms with Crippen LogP contribution in [0, 0.1) is 13.8 Å². The molecule has 1 aliphatic heterocycles. The molecule has 2 heterocycles. The molecular formula is C17H23N3O2S. The van der Waals surface area contributed by atoms with Crippen molar-refractivity contribution in [1.29, 1.82) is 0 Å². The maximum Gasteiger partial charge on any atom is 0.239 e. The summed E-state index contributed by atoms with van der Waals surface area (Å²) in [5.74, 6) is 0.00991. The summed E-state index contributed by atoms with van der Waals surface area (Å²) in [5, 5.41) is 3.83. The number of ether oxygens (including phenoxy) is 1. The van der Waals surface area contributed by atoms with Gasteiger partial charge in [0.2, 0.25) is 5.91 Å². The third-order valence-corrected chi connectivity index (χ3v) is 5.49. The Morgan fingerprint density at radius 3 is 2.91 bits per heavy atom. The zero-order valence-corrected chi connectivity index (χ0v) is 14.7. The van der Waals surface area contributed by atoms with Gasteiger partial charge < -0.3 is 15.0 Å². The molecule has 1 aromatic heterocycles. The number of fused-ring (bicyclic) bond motifs is 1. The SMILES string of the molecule is Cc1ccc(C)c2sc(N(C)CC(=O)NCC3CCCO3)nc12. The van der Waals surface area contributed by atoms with Crippen LogP contribution in [-0.2, 0) is 9.53 Å². The number of likely N-dealkylation sites (N-methyl/N-ethyl adjacent to an activating group) is 1. The molecule has 1 saturated heterocycles. The molecule has 124 valence electrons. The Morgan fingerprint density at radius 1 is 1.43 bits per heavy atom. The minimum absolute atomic E-state index is 0.00991. The molecule has 1 unspecified atom stereocenters. The van der Waals surface area contributed by atoms with Gasteiger partial charge in [0, 0.05) is 20.2 Å². The van der Waals surface area contributed by atoms with E-state index in [0.717, 1.165) is 30.1 Å². The lowest BCUT2D eigenvalue weighted by Gasteiger charge is -2.16. The van der Waals surface area contributed by atoms with Crippen LogP contribution in [-0.4, -0.2) is 43.7 Å². The monoisotopic (exact) mass is 333 g/mol. The molecule has 5 nitrogen and oxygen atoms in total. The molecule has 1 fully saturated rings. The Kier molecular flexibility index (Phi) is 4.82. The number of aromatic nitrogens is 1. The molecular weight excluding hydrogens is 310 g/mol. The predicted octanol–water partition coefficient (Wildman–Crippen LogP) is 2.64. The van der Waals surface area contributed by atoms with Gasteiger partial charge in [-0.05, 0) is 37.8 Å². The maximum atomic E-state index is 12.1. The molecule has 1 N–H and O–H groups in total. The van der Waals surface area contributed by atoms with Crippen molar-refractivity contribution in [3.63, 3.8) is 0 Å². The van der Waals surface area contributed by atoms with Crippen molar-refractivity contribution in [2.45, 2.75) is 32.8 Å². The van der Waals surface area contributed by atoms with Gasteiger partial charge in [0.15, 0.2) is 5.13 Å². The first kappa shape index (κ1) is 16.2. The van der Waals surface area contributed by atoms with E-state index in [9.17, 15) is 4.79 Å². The average molecular weight is 333 g/mol. The number of anilines is 1. The van der Waals surface area contributed by atoms with Crippen molar-refractivity contribution in [1.82, 2.24) is 10.3 Å². The van der Waals surface area contributed by atoms with E-state index < -0.39 is 0 Å². The first-order valence-corrected chi connectivity index (χ1v) is 8.82. The molecule has 1 atom stereocenters. The summed E-state index contributed by atoms with van der Waals surface area (Å²) in [6, 6.07) is 4.21. The number of rotatable bonds is 5. The van der Waals surface area contributed by atoms with Gasteiger partial charge in [-0.1, -0.05) is 23.5 Å². The highest BCUT2D eigenvalue weighted by molar-refractivity contribution is 7.22. The quantitative estimate of drug-likeness (QED) is 0.914. The Morgan fingerprint density at radius 2 is 2.22 bits per heavy atom. The van der Waals surface area contributed by atoms with E-state index in [-0.39, 0.29) is 12.0 Å². The molecule has 0 bridgehead atoms. The van der Waals surface area contributed by atoms with E-state index in [4.69, 9.17) is 9.72 Å². The first-order chi connectivity index (χ1) is 11.0.